The van der Waals surface area contributed by atoms with E-state index in [1.54, 1.807) is 30.3 Å². The lowest BCUT2D eigenvalue weighted by atomic mass is 10.2. The molecule has 2 heterocycles. The largest absolute Gasteiger partial charge is 0.342 e. The summed E-state index contributed by atoms with van der Waals surface area (Å²) in [5.41, 5.74) is 0.0409. The summed E-state index contributed by atoms with van der Waals surface area (Å²) in [4.78, 5) is 29.9. The Hall–Kier alpha value is -2.23. The molecule has 1 aliphatic rings. The van der Waals surface area contributed by atoms with Gasteiger partial charge in [-0.25, -0.2) is 13.8 Å². The van der Waals surface area contributed by atoms with Gasteiger partial charge in [0.15, 0.2) is 0 Å². The molecule has 0 spiro atoms. The number of nitrogens with one attached hydrogen (secondary N) is 1. The van der Waals surface area contributed by atoms with Crippen molar-refractivity contribution in [1.82, 2.24) is 15.2 Å². The van der Waals surface area contributed by atoms with Gasteiger partial charge >= 0.3 is 0 Å². The van der Waals surface area contributed by atoms with Gasteiger partial charge in [0.1, 0.15) is 16.7 Å². The summed E-state index contributed by atoms with van der Waals surface area (Å²) in [5, 5.41) is 13.2. The van der Waals surface area contributed by atoms with Crippen molar-refractivity contribution < 1.29 is 22.6 Å². The fourth-order valence-corrected chi connectivity index (χ4v) is 5.12. The number of halogens is 3. The number of amides is 2. The summed E-state index contributed by atoms with van der Waals surface area (Å²) < 4.78 is 40.1. The van der Waals surface area contributed by atoms with Gasteiger partial charge in [0, 0.05) is 21.2 Å². The molecule has 12 heteroatoms. The highest BCUT2D eigenvalue weighted by atomic mass is 79.9. The fourth-order valence-electron chi connectivity index (χ4n) is 2.81. The second-order valence-corrected chi connectivity index (χ2v) is 9.79. The molecule has 0 saturated carbocycles. The molecule has 1 unspecified atom stereocenters. The second kappa shape index (κ2) is 9.28. The molecule has 1 N–H and O–H groups in total. The third-order valence-corrected chi connectivity index (χ3v) is 7.15. The minimum Gasteiger partial charge on any atom is -0.342 e. The maximum atomic E-state index is 13.4. The zero-order chi connectivity index (χ0) is 21.9. The Kier molecular flexibility index (Phi) is 6.95. The molecule has 0 aliphatic carbocycles. The Bertz CT molecular complexity index is 1020. The standard InChI is InChI=1S/C18H15BrF2N4O3S2/c19-11-1-3-13(4-2-11)30(28)9-15-24-14(8-29-15)17(27)23-7-16(26)25-10-18(20,21)5-12(25)6-22/h1-4,8,12H,5,7,9-10H2,(H,23,27)/t12-,30?/m0/s1. The van der Waals surface area contributed by atoms with E-state index in [4.69, 9.17) is 5.26 Å². The minimum atomic E-state index is -3.12. The number of hydrogen-bond donors (Lipinski definition) is 1. The molecule has 1 aromatic carbocycles. The first-order valence-corrected chi connectivity index (χ1v) is 11.6. The number of nitrogens with zero attached hydrogens (tertiary/aromatic N) is 3. The van der Waals surface area contributed by atoms with Gasteiger partial charge in [-0.2, -0.15) is 5.26 Å². The molecule has 0 bridgehead atoms. The number of carbonyl (C=O) groups is 2. The lowest BCUT2D eigenvalue weighted by Gasteiger charge is -2.19. The SMILES string of the molecule is N#C[C@@H]1CC(F)(F)CN1C(=O)CNC(=O)c1csc(CS(=O)c2ccc(Br)cc2)n1. The highest BCUT2D eigenvalue weighted by Crippen LogP contribution is 2.31. The molecule has 30 heavy (non-hydrogen) atoms. The first-order valence-electron chi connectivity index (χ1n) is 8.62. The molecular weight excluding hydrogens is 502 g/mol. The van der Waals surface area contributed by atoms with Crippen LogP contribution in [0.25, 0.3) is 0 Å². The van der Waals surface area contributed by atoms with Gasteiger partial charge in [-0.1, -0.05) is 15.9 Å². The maximum Gasteiger partial charge on any atom is 0.271 e. The van der Waals surface area contributed by atoms with E-state index in [2.05, 4.69) is 26.2 Å². The van der Waals surface area contributed by atoms with E-state index in [1.165, 1.54) is 5.38 Å². The predicted octanol–water partition coefficient (Wildman–Crippen LogP) is 2.70. The van der Waals surface area contributed by atoms with Crippen LogP contribution in [0.4, 0.5) is 8.78 Å². The number of benzene rings is 1. The zero-order valence-electron chi connectivity index (χ0n) is 15.3. The van der Waals surface area contributed by atoms with Crippen LogP contribution >= 0.6 is 27.3 Å². The Balaban J connectivity index is 1.55. The van der Waals surface area contributed by atoms with Gasteiger partial charge < -0.3 is 10.2 Å². The number of alkyl halides is 2. The predicted molar refractivity (Wildman–Crippen MR) is 109 cm³/mol. The van der Waals surface area contributed by atoms with Crippen molar-refractivity contribution in [3.8, 4) is 6.07 Å². The van der Waals surface area contributed by atoms with Crippen LogP contribution in [0.5, 0.6) is 0 Å². The van der Waals surface area contributed by atoms with E-state index in [0.29, 0.717) is 9.90 Å². The number of thiazole rings is 1. The van der Waals surface area contributed by atoms with Gasteiger partial charge in [-0.3, -0.25) is 13.8 Å². The molecule has 158 valence electrons. The molecule has 1 aromatic heterocycles. The molecule has 1 saturated heterocycles. The van der Waals surface area contributed by atoms with E-state index in [1.807, 2.05) is 0 Å². The van der Waals surface area contributed by atoms with E-state index in [9.17, 15) is 22.6 Å². The Morgan fingerprint density at radius 2 is 2.10 bits per heavy atom. The first kappa shape index (κ1) is 22.5. The Morgan fingerprint density at radius 1 is 1.40 bits per heavy atom. The normalized spacial score (nSPS) is 18.6. The van der Waals surface area contributed by atoms with Crippen molar-refractivity contribution >= 4 is 49.9 Å². The van der Waals surface area contributed by atoms with E-state index in [0.717, 1.165) is 20.7 Å². The van der Waals surface area contributed by atoms with Gasteiger partial charge in [0.05, 0.1) is 35.7 Å². The van der Waals surface area contributed by atoms with Gasteiger partial charge in [-0.05, 0) is 24.3 Å². The highest BCUT2D eigenvalue weighted by Gasteiger charge is 2.47. The summed E-state index contributed by atoms with van der Waals surface area (Å²) in [6.45, 7) is -1.37. The minimum absolute atomic E-state index is 0.0409. The average Bonchev–Trinajstić information content (AvgIpc) is 3.29. The zero-order valence-corrected chi connectivity index (χ0v) is 18.5. The van der Waals surface area contributed by atoms with Crippen molar-refractivity contribution in [2.75, 3.05) is 13.1 Å². The van der Waals surface area contributed by atoms with Crippen LogP contribution in [0.3, 0.4) is 0 Å². The first-order chi connectivity index (χ1) is 14.2. The Morgan fingerprint density at radius 3 is 2.77 bits per heavy atom. The monoisotopic (exact) mass is 516 g/mol. The van der Waals surface area contributed by atoms with Crippen molar-refractivity contribution in [2.24, 2.45) is 0 Å². The van der Waals surface area contributed by atoms with Crippen molar-refractivity contribution in [1.29, 1.82) is 5.26 Å². The summed E-state index contributed by atoms with van der Waals surface area (Å²) in [6, 6.07) is 7.46. The van der Waals surface area contributed by atoms with Crippen LogP contribution in [0, 0.1) is 11.3 Å². The van der Waals surface area contributed by atoms with Crippen molar-refractivity contribution in [2.45, 2.75) is 29.0 Å². The number of hydrogen-bond acceptors (Lipinski definition) is 6. The summed E-state index contributed by atoms with van der Waals surface area (Å²) in [7, 11) is -1.34. The third kappa shape index (κ3) is 5.47. The smallest absolute Gasteiger partial charge is 0.271 e. The molecule has 3 rings (SSSR count). The third-order valence-electron chi connectivity index (χ3n) is 4.25. The average molecular weight is 517 g/mol. The van der Waals surface area contributed by atoms with Crippen LogP contribution < -0.4 is 5.32 Å². The maximum absolute atomic E-state index is 13.4. The van der Waals surface area contributed by atoms with Crippen LogP contribution in [0.2, 0.25) is 0 Å². The quantitative estimate of drug-likeness (QED) is 0.635. The summed E-state index contributed by atoms with van der Waals surface area (Å²) in [5.74, 6) is -4.40. The second-order valence-electron chi connectivity index (χ2n) is 6.48. The summed E-state index contributed by atoms with van der Waals surface area (Å²) in [6.07, 6.45) is -0.714. The highest BCUT2D eigenvalue weighted by molar-refractivity contribution is 9.10. The van der Waals surface area contributed by atoms with E-state index >= 15 is 0 Å². The van der Waals surface area contributed by atoms with Gasteiger partial charge in [0.25, 0.3) is 11.8 Å². The molecule has 2 atom stereocenters. The molecule has 7 nitrogen and oxygen atoms in total. The van der Waals surface area contributed by atoms with Gasteiger partial charge in [0.2, 0.25) is 5.91 Å². The molecule has 1 fully saturated rings. The van der Waals surface area contributed by atoms with Crippen LogP contribution in [0.1, 0.15) is 21.9 Å². The van der Waals surface area contributed by atoms with Gasteiger partial charge in [-0.15, -0.1) is 11.3 Å². The molecule has 2 aromatic rings. The lowest BCUT2D eigenvalue weighted by molar-refractivity contribution is -0.131. The molecular formula is C18H15BrF2N4O3S2. The number of rotatable bonds is 6. The van der Waals surface area contributed by atoms with E-state index in [-0.39, 0.29) is 11.4 Å². The van der Waals surface area contributed by atoms with Crippen LogP contribution in [0.15, 0.2) is 39.0 Å². The molecule has 2 amide bonds. The van der Waals surface area contributed by atoms with Crippen LogP contribution in [-0.4, -0.2) is 51.0 Å². The summed E-state index contributed by atoms with van der Waals surface area (Å²) >= 11 is 4.46. The van der Waals surface area contributed by atoms with Crippen molar-refractivity contribution in [3.63, 3.8) is 0 Å². The molecule has 0 radical (unpaired) electrons. The van der Waals surface area contributed by atoms with Crippen molar-refractivity contribution in [3.05, 3.63) is 44.8 Å². The fraction of sp³-hybridized carbons (Fsp3) is 0.333. The number of likely N-dealkylation sites (tertiary alicyclic amines) is 1. The number of carbonyl (C=O) groups excluding carboxylic acids is 2. The molecule has 1 aliphatic heterocycles. The topological polar surface area (TPSA) is 103 Å². The number of nitriles is 1. The van der Waals surface area contributed by atoms with E-state index < -0.39 is 54.1 Å². The Labute approximate surface area is 185 Å². The van der Waals surface area contributed by atoms with Crippen LogP contribution in [-0.2, 0) is 21.3 Å². The lowest BCUT2D eigenvalue weighted by Crippen LogP contribution is -2.43. The number of aromatic nitrogens is 1.